The highest BCUT2D eigenvalue weighted by molar-refractivity contribution is 5.91. The zero-order chi connectivity index (χ0) is 14.8. The van der Waals surface area contributed by atoms with Crippen molar-refractivity contribution >= 4 is 17.0 Å². The Balaban J connectivity index is 1.81. The summed E-state index contributed by atoms with van der Waals surface area (Å²) in [6.45, 7) is 4.40. The molecule has 1 saturated carbocycles. The lowest BCUT2D eigenvalue weighted by Crippen LogP contribution is -2.32. The molecule has 0 radical (unpaired) electrons. The van der Waals surface area contributed by atoms with Gasteiger partial charge in [-0.3, -0.25) is 4.79 Å². The van der Waals surface area contributed by atoms with Gasteiger partial charge in [-0.1, -0.05) is 38.1 Å². The molecule has 2 aliphatic carbocycles. The van der Waals surface area contributed by atoms with Crippen LogP contribution in [0.15, 0.2) is 45.6 Å². The van der Waals surface area contributed by atoms with Crippen molar-refractivity contribution in [3.8, 4) is 0 Å². The van der Waals surface area contributed by atoms with E-state index in [4.69, 9.17) is 4.42 Å². The molecule has 0 unspecified atom stereocenters. The molecule has 0 aliphatic heterocycles. The zero-order valence-corrected chi connectivity index (χ0v) is 12.1. The number of hydrogen-bond donors (Lipinski definition) is 0. The van der Waals surface area contributed by atoms with E-state index in [1.807, 2.05) is 6.07 Å². The molecule has 1 aromatic carbocycles. The average Bonchev–Trinajstić information content (AvgIpc) is 3.03. The molecular weight excluding hydrogens is 266 g/mol. The fraction of sp³-hybridized carbons (Fsp3) is 0.412. The Labute approximate surface area is 122 Å². The van der Waals surface area contributed by atoms with Crippen molar-refractivity contribution in [1.82, 2.24) is 4.57 Å². The first kappa shape index (κ1) is 12.6. The van der Waals surface area contributed by atoms with E-state index in [9.17, 15) is 9.59 Å². The Morgan fingerprint density at radius 1 is 1.29 bits per heavy atom. The molecule has 0 N–H and O–H groups in total. The van der Waals surface area contributed by atoms with Crippen LogP contribution < -0.4 is 5.76 Å². The number of oxazole rings is 1. The van der Waals surface area contributed by atoms with E-state index in [2.05, 4.69) is 26.0 Å². The number of fused-ring (bicyclic) bond motifs is 3. The largest absolute Gasteiger partial charge is 0.426 e. The summed E-state index contributed by atoms with van der Waals surface area (Å²) in [5.74, 6) is -0.213. The second-order valence-electron chi connectivity index (χ2n) is 6.69. The van der Waals surface area contributed by atoms with Crippen LogP contribution in [0.4, 0.5) is 0 Å². The lowest BCUT2D eigenvalue weighted by atomic mass is 9.79. The van der Waals surface area contributed by atoms with E-state index in [0.29, 0.717) is 17.0 Å². The van der Waals surface area contributed by atoms with Gasteiger partial charge in [0, 0.05) is 5.92 Å². The van der Waals surface area contributed by atoms with E-state index in [0.717, 1.165) is 6.42 Å². The highest BCUT2D eigenvalue weighted by atomic mass is 16.4. The number of rotatable bonds is 1. The van der Waals surface area contributed by atoms with Crippen LogP contribution in [0, 0.1) is 23.2 Å². The molecule has 4 heteroatoms. The Morgan fingerprint density at radius 2 is 2.05 bits per heavy atom. The van der Waals surface area contributed by atoms with Crippen LogP contribution >= 0.6 is 0 Å². The summed E-state index contributed by atoms with van der Waals surface area (Å²) in [5.41, 5.74) is 1.13. The van der Waals surface area contributed by atoms with E-state index >= 15 is 0 Å². The minimum Gasteiger partial charge on any atom is -0.407 e. The highest BCUT2D eigenvalue weighted by Gasteiger charge is 2.53. The predicted octanol–water partition coefficient (Wildman–Crippen LogP) is 3.08. The van der Waals surface area contributed by atoms with Crippen LogP contribution in [0.2, 0.25) is 0 Å². The van der Waals surface area contributed by atoms with Gasteiger partial charge in [-0.15, -0.1) is 0 Å². The normalized spacial score (nSPS) is 29.3. The summed E-state index contributed by atoms with van der Waals surface area (Å²) >= 11 is 0. The number of para-hydroxylation sites is 2. The molecule has 2 bridgehead atoms. The first-order valence-corrected chi connectivity index (χ1v) is 7.33. The Hall–Kier alpha value is -2.10. The monoisotopic (exact) mass is 283 g/mol. The fourth-order valence-electron chi connectivity index (χ4n) is 4.05. The summed E-state index contributed by atoms with van der Waals surface area (Å²) in [5, 5.41) is 0. The third-order valence-electron chi connectivity index (χ3n) is 5.33. The van der Waals surface area contributed by atoms with Crippen molar-refractivity contribution in [2.24, 2.45) is 23.2 Å². The van der Waals surface area contributed by atoms with Gasteiger partial charge in [0.1, 0.15) is 0 Å². The second kappa shape index (κ2) is 3.97. The van der Waals surface area contributed by atoms with Gasteiger partial charge in [-0.2, -0.15) is 0 Å². The first-order chi connectivity index (χ1) is 10.00. The van der Waals surface area contributed by atoms with E-state index in [-0.39, 0.29) is 23.2 Å². The minimum atomic E-state index is -0.578. The molecule has 108 valence electrons. The molecule has 4 rings (SSSR count). The van der Waals surface area contributed by atoms with E-state index in [1.165, 1.54) is 4.57 Å². The summed E-state index contributed by atoms with van der Waals surface area (Å²) in [7, 11) is 0. The van der Waals surface area contributed by atoms with Crippen molar-refractivity contribution in [2.75, 3.05) is 0 Å². The maximum absolute atomic E-state index is 12.9. The summed E-state index contributed by atoms with van der Waals surface area (Å²) < 4.78 is 6.39. The molecule has 1 heterocycles. The number of hydrogen-bond acceptors (Lipinski definition) is 3. The highest BCUT2D eigenvalue weighted by Crippen LogP contribution is 2.56. The maximum Gasteiger partial charge on any atom is 0.426 e. The fourth-order valence-corrected chi connectivity index (χ4v) is 4.05. The molecular formula is C17H17NO3. The van der Waals surface area contributed by atoms with Gasteiger partial charge in [-0.25, -0.2) is 9.36 Å². The topological polar surface area (TPSA) is 52.2 Å². The van der Waals surface area contributed by atoms with Crippen LogP contribution in [0.5, 0.6) is 0 Å². The van der Waals surface area contributed by atoms with Gasteiger partial charge in [0.2, 0.25) is 5.91 Å². The van der Waals surface area contributed by atoms with Gasteiger partial charge in [0.15, 0.2) is 5.58 Å². The smallest absolute Gasteiger partial charge is 0.407 e. The van der Waals surface area contributed by atoms with Crippen molar-refractivity contribution in [2.45, 2.75) is 20.3 Å². The standard InChI is InChI=1S/C17H17NO3/c1-17(2)10-7-8-12(17)11(9-10)15(19)18-13-5-3-4-6-14(13)21-16(18)20/h3-8,10-12H,9H2,1-2H3/t10-,11+,12+/m0/s1. The van der Waals surface area contributed by atoms with Crippen molar-refractivity contribution in [3.05, 3.63) is 47.0 Å². The number of carbonyl (C=O) groups is 1. The first-order valence-electron chi connectivity index (χ1n) is 7.33. The Bertz CT molecular complexity index is 824. The van der Waals surface area contributed by atoms with Crippen LogP contribution in [0.3, 0.4) is 0 Å². The number of carbonyl (C=O) groups excluding carboxylic acids is 1. The van der Waals surface area contributed by atoms with E-state index < -0.39 is 5.76 Å². The molecule has 0 saturated heterocycles. The van der Waals surface area contributed by atoms with Crippen LogP contribution in [-0.2, 0) is 0 Å². The number of nitrogens with zero attached hydrogens (tertiary/aromatic N) is 1. The molecule has 0 amide bonds. The van der Waals surface area contributed by atoms with Crippen molar-refractivity contribution in [1.29, 1.82) is 0 Å². The lowest BCUT2D eigenvalue weighted by Gasteiger charge is -2.25. The SMILES string of the molecule is CC1(C)[C@@H]2C=C[C@H]1C[C@H]2C(=O)n1c(=O)oc2ccccc21. The predicted molar refractivity (Wildman–Crippen MR) is 79.1 cm³/mol. The van der Waals surface area contributed by atoms with Gasteiger partial charge in [0.25, 0.3) is 0 Å². The molecule has 0 spiro atoms. The molecule has 2 aliphatic rings. The van der Waals surface area contributed by atoms with Crippen molar-refractivity contribution in [3.63, 3.8) is 0 Å². The summed E-state index contributed by atoms with van der Waals surface area (Å²) in [6, 6.07) is 7.08. The number of aromatic nitrogens is 1. The summed E-state index contributed by atoms with van der Waals surface area (Å²) in [6.07, 6.45) is 5.17. The van der Waals surface area contributed by atoms with Crippen LogP contribution in [0.25, 0.3) is 11.1 Å². The maximum atomic E-state index is 12.9. The third-order valence-corrected chi connectivity index (χ3v) is 5.33. The molecule has 3 atom stereocenters. The summed E-state index contributed by atoms with van der Waals surface area (Å²) in [4.78, 5) is 25.0. The van der Waals surface area contributed by atoms with Gasteiger partial charge in [-0.05, 0) is 35.8 Å². The molecule has 21 heavy (non-hydrogen) atoms. The lowest BCUT2D eigenvalue weighted by molar-refractivity contribution is 0.0793. The average molecular weight is 283 g/mol. The Morgan fingerprint density at radius 3 is 2.71 bits per heavy atom. The van der Waals surface area contributed by atoms with E-state index in [1.54, 1.807) is 18.2 Å². The number of benzene rings is 1. The van der Waals surface area contributed by atoms with Gasteiger partial charge < -0.3 is 4.42 Å². The second-order valence-corrected chi connectivity index (χ2v) is 6.69. The zero-order valence-electron chi connectivity index (χ0n) is 12.1. The molecule has 1 aromatic heterocycles. The Kier molecular flexibility index (Phi) is 2.39. The molecule has 2 aromatic rings. The van der Waals surface area contributed by atoms with Crippen LogP contribution in [-0.4, -0.2) is 10.5 Å². The van der Waals surface area contributed by atoms with Crippen molar-refractivity contribution < 1.29 is 9.21 Å². The van der Waals surface area contributed by atoms with Gasteiger partial charge >= 0.3 is 5.76 Å². The minimum absolute atomic E-state index is 0.101. The quantitative estimate of drug-likeness (QED) is 0.756. The third kappa shape index (κ3) is 1.56. The number of allylic oxidation sites excluding steroid dienone is 2. The molecule has 1 fully saturated rings. The van der Waals surface area contributed by atoms with Gasteiger partial charge in [0.05, 0.1) is 5.52 Å². The van der Waals surface area contributed by atoms with Crippen LogP contribution in [0.1, 0.15) is 25.1 Å². The molecule has 4 nitrogen and oxygen atoms in total.